The molecule has 1 unspecified atom stereocenters. The number of amides is 4. The molecule has 0 aliphatic carbocycles. The molecular weight excluding hydrogens is 664 g/mol. The zero-order valence-electron chi connectivity index (χ0n) is 34.0. The van der Waals surface area contributed by atoms with Gasteiger partial charge in [0, 0.05) is 14.2 Å². The van der Waals surface area contributed by atoms with Crippen molar-refractivity contribution >= 4 is 50.9 Å². The van der Waals surface area contributed by atoms with Crippen LogP contribution >= 0.6 is 15.9 Å². The Bertz CT molecular complexity index is 1990. The number of carbonyl (C=O) groups excluding carboxylic acids is 4. The molecule has 4 rings (SSSR count). The standard InChI is InChI=1S/C32H35BrN4O9/c1-16-8-17(2)10-18(9-16)46-24-11-19-21(35-31(40)23(37(3)32(19)41)14-26(38)34-15-42-4)13-22(24)36-30(39)20-12-25(43-5)28(44-6)29(45-7)27(20)33/h8-13,23H,14-15H2,1-7H3,(H,34,38)(H,35,40)(H,36,39)/i5D3,6D3,7D3. The second-order valence-corrected chi connectivity index (χ2v) is 10.9. The van der Waals surface area contributed by atoms with Crippen LogP contribution in [0.3, 0.4) is 0 Å². The maximum Gasteiger partial charge on any atom is 0.257 e. The second kappa shape index (κ2) is 14.5. The predicted molar refractivity (Wildman–Crippen MR) is 173 cm³/mol. The molecular formula is C32H35BrN4O9. The van der Waals surface area contributed by atoms with Crippen LogP contribution in [0.25, 0.3) is 0 Å². The first-order chi connectivity index (χ1) is 25.4. The van der Waals surface area contributed by atoms with Crippen molar-refractivity contribution in [3.05, 3.63) is 63.1 Å². The molecule has 1 atom stereocenters. The first kappa shape index (κ1) is 23.5. The van der Waals surface area contributed by atoms with Crippen LogP contribution < -0.4 is 34.9 Å². The number of aryl methyl sites for hydroxylation is 2. The maximum atomic E-state index is 14.1. The molecule has 0 saturated carbocycles. The smallest absolute Gasteiger partial charge is 0.257 e. The van der Waals surface area contributed by atoms with E-state index in [2.05, 4.69) is 31.9 Å². The summed E-state index contributed by atoms with van der Waals surface area (Å²) in [6.07, 6.45) is -0.419. The average molecular weight is 709 g/mol. The van der Waals surface area contributed by atoms with Crippen molar-refractivity contribution in [2.75, 3.05) is 52.6 Å². The molecule has 13 nitrogen and oxygen atoms in total. The molecule has 4 amide bonds. The summed E-state index contributed by atoms with van der Waals surface area (Å²) in [5.41, 5.74) is 0.733. The minimum absolute atomic E-state index is 0.0814. The molecule has 3 aromatic carbocycles. The minimum atomic E-state index is -3.27. The molecule has 3 aromatic rings. The Labute approximate surface area is 287 Å². The Morgan fingerprint density at radius 3 is 2.35 bits per heavy atom. The molecule has 0 fully saturated rings. The number of rotatable bonds is 11. The summed E-state index contributed by atoms with van der Waals surface area (Å²) < 4.78 is 93.8. The van der Waals surface area contributed by atoms with E-state index in [-0.39, 0.29) is 35.2 Å². The Balaban J connectivity index is 1.89. The summed E-state index contributed by atoms with van der Waals surface area (Å²) in [5, 5.41) is 7.61. The van der Waals surface area contributed by atoms with Crippen LogP contribution in [0.4, 0.5) is 11.4 Å². The first-order valence-corrected chi connectivity index (χ1v) is 14.2. The number of carbonyl (C=O) groups is 4. The van der Waals surface area contributed by atoms with E-state index in [9.17, 15) is 19.2 Å². The van der Waals surface area contributed by atoms with E-state index >= 15 is 0 Å². The lowest BCUT2D eigenvalue weighted by Crippen LogP contribution is -2.45. The summed E-state index contributed by atoms with van der Waals surface area (Å²) in [5.74, 6) is -5.70. The van der Waals surface area contributed by atoms with Crippen molar-refractivity contribution < 1.29 is 55.2 Å². The van der Waals surface area contributed by atoms with Crippen LogP contribution in [0.2, 0.25) is 0 Å². The van der Waals surface area contributed by atoms with E-state index in [0.717, 1.165) is 22.1 Å². The maximum absolute atomic E-state index is 14.1. The Morgan fingerprint density at radius 2 is 1.67 bits per heavy atom. The first-order valence-electron chi connectivity index (χ1n) is 17.9. The molecule has 0 bridgehead atoms. The highest BCUT2D eigenvalue weighted by molar-refractivity contribution is 9.10. The summed E-state index contributed by atoms with van der Waals surface area (Å²) in [7, 11) is -7.11. The van der Waals surface area contributed by atoms with E-state index in [1.54, 1.807) is 12.1 Å². The number of benzene rings is 3. The van der Waals surface area contributed by atoms with Gasteiger partial charge in [0.2, 0.25) is 17.6 Å². The van der Waals surface area contributed by atoms with Crippen molar-refractivity contribution in [3.8, 4) is 28.7 Å². The summed E-state index contributed by atoms with van der Waals surface area (Å²) >= 11 is 3.07. The fraction of sp³-hybridized carbons (Fsp3) is 0.312. The van der Waals surface area contributed by atoms with E-state index in [0.29, 0.717) is 0 Å². The Hall–Kier alpha value is -4.82. The van der Waals surface area contributed by atoms with Gasteiger partial charge < -0.3 is 44.5 Å². The number of anilines is 2. The average Bonchev–Trinajstić information content (AvgIpc) is 3.11. The van der Waals surface area contributed by atoms with Gasteiger partial charge in [-0.2, -0.15) is 0 Å². The van der Waals surface area contributed by atoms with E-state index < -0.39 is 84.5 Å². The van der Waals surface area contributed by atoms with E-state index in [4.69, 9.17) is 36.0 Å². The summed E-state index contributed by atoms with van der Waals surface area (Å²) in [6, 6.07) is 7.20. The van der Waals surface area contributed by atoms with Crippen LogP contribution in [0, 0.1) is 13.8 Å². The van der Waals surface area contributed by atoms with Gasteiger partial charge >= 0.3 is 0 Å². The molecule has 3 N–H and O–H groups in total. The van der Waals surface area contributed by atoms with Crippen molar-refractivity contribution in [1.29, 1.82) is 0 Å². The minimum Gasteiger partial charge on any atom is -0.493 e. The molecule has 244 valence electrons. The second-order valence-electron chi connectivity index (χ2n) is 10.1. The molecule has 46 heavy (non-hydrogen) atoms. The zero-order chi connectivity index (χ0) is 41.2. The Kier molecular flexibility index (Phi) is 7.42. The van der Waals surface area contributed by atoms with Crippen LogP contribution in [0.15, 0.2) is 40.9 Å². The third-order valence-corrected chi connectivity index (χ3v) is 7.65. The molecule has 14 heteroatoms. The van der Waals surface area contributed by atoms with Crippen LogP contribution in [0.1, 0.15) is 50.6 Å². The number of likely N-dealkylation sites (N-methyl/N-ethyl adjacent to an activating group) is 1. The van der Waals surface area contributed by atoms with Crippen LogP contribution in [0.5, 0.6) is 28.7 Å². The lowest BCUT2D eigenvalue weighted by Gasteiger charge is -2.24. The number of methoxy groups -OCH3 is 4. The lowest BCUT2D eigenvalue weighted by atomic mass is 10.1. The van der Waals surface area contributed by atoms with Gasteiger partial charge in [0.05, 0.1) is 66.8 Å². The monoisotopic (exact) mass is 707 g/mol. The number of nitrogens with zero attached hydrogens (tertiary/aromatic N) is 1. The number of hydrogen-bond donors (Lipinski definition) is 3. The molecule has 1 aliphatic rings. The fourth-order valence-corrected chi connectivity index (χ4v) is 5.28. The van der Waals surface area contributed by atoms with Gasteiger partial charge in [0.1, 0.15) is 18.5 Å². The van der Waals surface area contributed by atoms with Gasteiger partial charge in [0.15, 0.2) is 17.2 Å². The van der Waals surface area contributed by atoms with Crippen molar-refractivity contribution in [3.63, 3.8) is 0 Å². The van der Waals surface area contributed by atoms with Crippen molar-refractivity contribution in [1.82, 2.24) is 10.2 Å². The SMILES string of the molecule is [2H]C([2H])([2H])Oc1cc(C(=O)Nc2cc3c(cc2Oc2cc(C)cc(C)c2)C(=O)N(C)C(CC(=O)NCOC)C(=O)N3)c(Br)c(OC([2H])([2H])[2H])c1OC([2H])([2H])[2H]. The quantitative estimate of drug-likeness (QED) is 0.242. The molecule has 0 saturated heterocycles. The van der Waals surface area contributed by atoms with Gasteiger partial charge in [-0.15, -0.1) is 0 Å². The number of fused-ring (bicyclic) bond motifs is 1. The van der Waals surface area contributed by atoms with Gasteiger partial charge in [-0.1, -0.05) is 6.07 Å². The number of nitrogens with one attached hydrogen (secondary N) is 3. The van der Waals surface area contributed by atoms with Gasteiger partial charge in [-0.25, -0.2) is 0 Å². The highest BCUT2D eigenvalue weighted by Crippen LogP contribution is 2.45. The van der Waals surface area contributed by atoms with E-state index in [1.165, 1.54) is 26.3 Å². The highest BCUT2D eigenvalue weighted by Gasteiger charge is 2.36. The van der Waals surface area contributed by atoms with Crippen molar-refractivity contribution in [2.45, 2.75) is 26.3 Å². The largest absolute Gasteiger partial charge is 0.493 e. The summed E-state index contributed by atoms with van der Waals surface area (Å²) in [6.45, 7) is 3.49. The molecule has 0 aromatic heterocycles. The number of ether oxygens (including phenoxy) is 5. The van der Waals surface area contributed by atoms with Crippen molar-refractivity contribution in [2.24, 2.45) is 0 Å². The molecule has 0 spiro atoms. The Morgan fingerprint density at radius 1 is 0.978 bits per heavy atom. The molecule has 0 radical (unpaired) electrons. The third kappa shape index (κ3) is 7.18. The van der Waals surface area contributed by atoms with Crippen LogP contribution in [-0.2, 0) is 14.3 Å². The van der Waals surface area contributed by atoms with Gasteiger partial charge in [-0.05, 0) is 71.2 Å². The van der Waals surface area contributed by atoms with Crippen LogP contribution in [-0.4, -0.2) is 76.6 Å². The molecule has 1 aliphatic heterocycles. The highest BCUT2D eigenvalue weighted by atomic mass is 79.9. The number of hydrogen-bond acceptors (Lipinski definition) is 9. The van der Waals surface area contributed by atoms with Gasteiger partial charge in [0.25, 0.3) is 11.8 Å². The van der Waals surface area contributed by atoms with E-state index in [1.807, 2.05) is 19.9 Å². The topological polar surface area (TPSA) is 154 Å². The number of halogens is 1. The summed E-state index contributed by atoms with van der Waals surface area (Å²) in [4.78, 5) is 54.9. The molecule has 1 heterocycles. The fourth-order valence-electron chi connectivity index (χ4n) is 4.73. The third-order valence-electron chi connectivity index (χ3n) is 6.86. The predicted octanol–water partition coefficient (Wildman–Crippen LogP) is 4.64. The van der Waals surface area contributed by atoms with Gasteiger partial charge in [-0.3, -0.25) is 19.2 Å². The normalized spacial score (nSPS) is 17.8. The zero-order valence-corrected chi connectivity index (χ0v) is 26.5. The lowest BCUT2D eigenvalue weighted by molar-refractivity contribution is -0.128.